The maximum atomic E-state index is 12.8. The van der Waals surface area contributed by atoms with Crippen molar-refractivity contribution in [1.82, 2.24) is 0 Å². The number of carbonyl (C=O) groups excluding carboxylic acids is 3. The minimum absolute atomic E-state index is 0.150. The third-order valence-corrected chi connectivity index (χ3v) is 5.76. The number of hydrogen-bond acceptors (Lipinski definition) is 5. The average molecular weight is 354 g/mol. The van der Waals surface area contributed by atoms with Gasteiger partial charge >= 0.3 is 5.97 Å². The van der Waals surface area contributed by atoms with Crippen LogP contribution in [0.25, 0.3) is 0 Å². The molecule has 2 aromatic rings. The van der Waals surface area contributed by atoms with Crippen LogP contribution in [0.2, 0.25) is 0 Å². The Labute approximate surface area is 148 Å². The fourth-order valence-electron chi connectivity index (χ4n) is 3.24. The van der Waals surface area contributed by atoms with E-state index in [1.165, 1.54) is 23.8 Å². The highest BCUT2D eigenvalue weighted by atomic mass is 32.2. The van der Waals surface area contributed by atoms with Crippen LogP contribution in [-0.2, 0) is 19.2 Å². The number of amides is 2. The van der Waals surface area contributed by atoms with Gasteiger partial charge in [-0.1, -0.05) is 18.2 Å². The van der Waals surface area contributed by atoms with Crippen molar-refractivity contribution in [2.75, 3.05) is 23.1 Å². The first-order chi connectivity index (χ1) is 12.1. The molecule has 2 amide bonds. The second-order valence-electron chi connectivity index (χ2n) is 5.70. The summed E-state index contributed by atoms with van der Waals surface area (Å²) in [6.07, 6.45) is 0. The van der Waals surface area contributed by atoms with E-state index in [2.05, 4.69) is 5.32 Å². The molecule has 1 spiro atoms. The van der Waals surface area contributed by atoms with E-state index in [0.717, 1.165) is 5.56 Å². The van der Waals surface area contributed by atoms with Crippen LogP contribution in [-0.4, -0.2) is 30.6 Å². The van der Waals surface area contributed by atoms with Gasteiger partial charge in [0.1, 0.15) is 0 Å². The molecule has 2 aliphatic rings. The summed E-state index contributed by atoms with van der Waals surface area (Å²) in [6.45, 7) is 0. The molecular weight excluding hydrogens is 340 g/mol. The van der Waals surface area contributed by atoms with Crippen LogP contribution in [0.4, 0.5) is 11.4 Å². The standard InChI is InChI=1S/C18H14N2O4S/c1-24-16(22)11-6-8-12(9-7-11)20-15(21)10-25-18(20)13-4-2-3-5-14(13)19-17(18)23/h2-9H,10H2,1H3,(H,19,23)/t18-/m0/s1. The zero-order valence-electron chi connectivity index (χ0n) is 13.3. The molecular formula is C18H14N2O4S. The Morgan fingerprint density at radius 1 is 1.16 bits per heavy atom. The van der Waals surface area contributed by atoms with E-state index in [-0.39, 0.29) is 17.6 Å². The number of nitrogens with one attached hydrogen (secondary N) is 1. The van der Waals surface area contributed by atoms with E-state index in [1.807, 2.05) is 24.3 Å². The minimum Gasteiger partial charge on any atom is -0.465 e. The molecule has 0 aliphatic carbocycles. The molecule has 2 aromatic carbocycles. The predicted octanol–water partition coefficient (Wildman–Crippen LogP) is 2.36. The Morgan fingerprint density at radius 3 is 2.60 bits per heavy atom. The van der Waals surface area contributed by atoms with Crippen LogP contribution in [0.3, 0.4) is 0 Å². The van der Waals surface area contributed by atoms with Crippen molar-refractivity contribution >= 4 is 40.9 Å². The second kappa shape index (κ2) is 5.63. The molecule has 25 heavy (non-hydrogen) atoms. The topological polar surface area (TPSA) is 75.7 Å². The molecule has 2 aliphatic heterocycles. The first kappa shape index (κ1) is 15.7. The number of esters is 1. The normalized spacial score (nSPS) is 21.4. The van der Waals surface area contributed by atoms with Crippen molar-refractivity contribution in [3.05, 3.63) is 59.7 Å². The number of fused-ring (bicyclic) bond motifs is 2. The summed E-state index contributed by atoms with van der Waals surface area (Å²) in [5, 5.41) is 2.86. The van der Waals surface area contributed by atoms with Gasteiger partial charge < -0.3 is 10.1 Å². The Morgan fingerprint density at radius 2 is 1.88 bits per heavy atom. The molecule has 0 bridgehead atoms. The van der Waals surface area contributed by atoms with Crippen molar-refractivity contribution in [3.63, 3.8) is 0 Å². The number of thioether (sulfide) groups is 1. The lowest BCUT2D eigenvalue weighted by atomic mass is 10.0. The van der Waals surface area contributed by atoms with Crippen LogP contribution >= 0.6 is 11.8 Å². The van der Waals surface area contributed by atoms with Crippen molar-refractivity contribution in [3.8, 4) is 0 Å². The third kappa shape index (κ3) is 2.16. The van der Waals surface area contributed by atoms with Crippen molar-refractivity contribution < 1.29 is 19.1 Å². The Hall–Kier alpha value is -2.80. The molecule has 6 nitrogen and oxygen atoms in total. The molecule has 0 saturated carbocycles. The molecule has 7 heteroatoms. The number of para-hydroxylation sites is 1. The SMILES string of the molecule is COC(=O)c1ccc(N2C(=O)CS[C@@]23C(=O)Nc2ccccc23)cc1. The number of benzene rings is 2. The smallest absolute Gasteiger partial charge is 0.337 e. The van der Waals surface area contributed by atoms with Gasteiger partial charge in [0, 0.05) is 16.9 Å². The number of nitrogens with zero attached hydrogens (tertiary/aromatic N) is 1. The molecule has 126 valence electrons. The fraction of sp³-hybridized carbons (Fsp3) is 0.167. The van der Waals surface area contributed by atoms with Gasteiger partial charge in [-0.05, 0) is 30.3 Å². The molecule has 0 aromatic heterocycles. The molecule has 1 fully saturated rings. The molecule has 4 rings (SSSR count). The molecule has 1 N–H and O–H groups in total. The second-order valence-corrected chi connectivity index (χ2v) is 6.87. The first-order valence-electron chi connectivity index (χ1n) is 7.64. The molecule has 0 radical (unpaired) electrons. The van der Waals surface area contributed by atoms with E-state index in [0.29, 0.717) is 16.9 Å². The highest BCUT2D eigenvalue weighted by molar-refractivity contribution is 8.02. The van der Waals surface area contributed by atoms with E-state index in [4.69, 9.17) is 4.74 Å². The summed E-state index contributed by atoms with van der Waals surface area (Å²) >= 11 is 1.30. The van der Waals surface area contributed by atoms with Gasteiger partial charge in [0.25, 0.3) is 5.91 Å². The highest BCUT2D eigenvalue weighted by Crippen LogP contribution is 2.53. The van der Waals surface area contributed by atoms with E-state index >= 15 is 0 Å². The highest BCUT2D eigenvalue weighted by Gasteiger charge is 2.58. The number of anilines is 2. The van der Waals surface area contributed by atoms with Gasteiger partial charge in [-0.15, -0.1) is 11.8 Å². The zero-order valence-corrected chi connectivity index (χ0v) is 14.1. The Bertz CT molecular complexity index is 896. The van der Waals surface area contributed by atoms with Gasteiger partial charge in [-0.3, -0.25) is 14.5 Å². The van der Waals surface area contributed by atoms with Crippen LogP contribution < -0.4 is 10.2 Å². The monoisotopic (exact) mass is 354 g/mol. The quantitative estimate of drug-likeness (QED) is 0.838. The average Bonchev–Trinajstić information content (AvgIpc) is 3.13. The van der Waals surface area contributed by atoms with Crippen LogP contribution in [0.15, 0.2) is 48.5 Å². The van der Waals surface area contributed by atoms with Crippen molar-refractivity contribution in [2.45, 2.75) is 4.87 Å². The third-order valence-electron chi connectivity index (χ3n) is 4.36. The zero-order chi connectivity index (χ0) is 17.6. The summed E-state index contributed by atoms with van der Waals surface area (Å²) < 4.78 is 4.69. The lowest BCUT2D eigenvalue weighted by molar-refractivity contribution is -0.122. The predicted molar refractivity (Wildman–Crippen MR) is 94.5 cm³/mol. The van der Waals surface area contributed by atoms with E-state index in [1.54, 1.807) is 24.3 Å². The van der Waals surface area contributed by atoms with Gasteiger partial charge in [0.05, 0.1) is 18.4 Å². The minimum atomic E-state index is -1.11. The summed E-state index contributed by atoms with van der Waals surface area (Å²) in [7, 11) is 1.31. The number of carbonyl (C=O) groups is 3. The maximum Gasteiger partial charge on any atom is 0.337 e. The molecule has 1 saturated heterocycles. The van der Waals surface area contributed by atoms with E-state index < -0.39 is 10.8 Å². The van der Waals surface area contributed by atoms with E-state index in [9.17, 15) is 14.4 Å². The van der Waals surface area contributed by atoms with Crippen molar-refractivity contribution in [1.29, 1.82) is 0 Å². The number of rotatable bonds is 2. The van der Waals surface area contributed by atoms with Gasteiger partial charge in [-0.25, -0.2) is 4.79 Å². The van der Waals surface area contributed by atoms with Crippen LogP contribution in [0.1, 0.15) is 15.9 Å². The van der Waals surface area contributed by atoms with Crippen LogP contribution in [0, 0.1) is 0 Å². The maximum absolute atomic E-state index is 12.8. The lowest BCUT2D eigenvalue weighted by Crippen LogP contribution is -2.47. The number of ether oxygens (including phenoxy) is 1. The Kier molecular flexibility index (Phi) is 3.54. The fourth-order valence-corrected chi connectivity index (χ4v) is 4.56. The lowest BCUT2D eigenvalue weighted by Gasteiger charge is -2.32. The molecule has 0 unspecified atom stereocenters. The van der Waals surface area contributed by atoms with Gasteiger partial charge in [0.2, 0.25) is 10.8 Å². The summed E-state index contributed by atoms with van der Waals surface area (Å²) in [6, 6.07) is 13.9. The summed E-state index contributed by atoms with van der Waals surface area (Å²) in [5.41, 5.74) is 2.43. The molecule has 1 atom stereocenters. The number of methoxy groups -OCH3 is 1. The van der Waals surface area contributed by atoms with Gasteiger partial charge in [0.15, 0.2) is 0 Å². The van der Waals surface area contributed by atoms with Crippen LogP contribution in [0.5, 0.6) is 0 Å². The largest absolute Gasteiger partial charge is 0.465 e. The summed E-state index contributed by atoms with van der Waals surface area (Å²) in [5.74, 6) is -0.628. The first-order valence-corrected chi connectivity index (χ1v) is 8.63. The molecule has 2 heterocycles. The number of hydrogen-bond donors (Lipinski definition) is 1. The van der Waals surface area contributed by atoms with Crippen molar-refractivity contribution in [2.24, 2.45) is 0 Å². The van der Waals surface area contributed by atoms with Gasteiger partial charge in [-0.2, -0.15) is 0 Å². The summed E-state index contributed by atoms with van der Waals surface area (Å²) in [4.78, 5) is 37.4. The Balaban J connectivity index is 1.82.